The first-order chi connectivity index (χ1) is 16.5. The van der Waals surface area contributed by atoms with Crippen molar-refractivity contribution in [2.45, 2.75) is 31.8 Å². The molecule has 3 aromatic carbocycles. The van der Waals surface area contributed by atoms with Crippen LogP contribution in [0.2, 0.25) is 0 Å². The van der Waals surface area contributed by atoms with Crippen LogP contribution in [0.15, 0.2) is 71.9 Å². The maximum Gasteiger partial charge on any atom is 0.234 e. The molecule has 1 aromatic heterocycles. The number of nitrogens with one attached hydrogen (secondary N) is 1. The van der Waals surface area contributed by atoms with E-state index >= 15 is 0 Å². The van der Waals surface area contributed by atoms with Gasteiger partial charge in [0, 0.05) is 11.4 Å². The van der Waals surface area contributed by atoms with Crippen molar-refractivity contribution in [3.05, 3.63) is 89.5 Å². The summed E-state index contributed by atoms with van der Waals surface area (Å²) in [5.74, 6) is -0.661. The first-order valence-corrected chi connectivity index (χ1v) is 12.0. The average molecular weight is 479 g/mol. The lowest BCUT2D eigenvalue weighted by atomic mass is 10.0. The number of aryl methyl sites for hydroxylation is 2. The molecule has 0 aliphatic carbocycles. The van der Waals surface area contributed by atoms with Crippen molar-refractivity contribution >= 4 is 23.4 Å². The van der Waals surface area contributed by atoms with Crippen molar-refractivity contribution in [3.63, 3.8) is 0 Å². The molecule has 0 aliphatic heterocycles. The molecule has 0 spiro atoms. The molecule has 0 fully saturated rings. The zero-order chi connectivity index (χ0) is 24.1. The van der Waals surface area contributed by atoms with Gasteiger partial charge in [-0.15, -0.1) is 10.2 Å². The second-order valence-corrected chi connectivity index (χ2v) is 8.54. The molecule has 8 heteroatoms. The lowest BCUT2D eigenvalue weighted by molar-refractivity contribution is -0.113. The molecule has 34 heavy (non-hydrogen) atoms. The Morgan fingerprint density at radius 3 is 2.24 bits per heavy atom. The fraction of sp³-hybridized carbons (Fsp3) is 0.192. The number of benzene rings is 3. The van der Waals surface area contributed by atoms with Gasteiger partial charge < -0.3 is 5.32 Å². The van der Waals surface area contributed by atoms with Gasteiger partial charge in [0.05, 0.1) is 11.3 Å². The van der Waals surface area contributed by atoms with Crippen molar-refractivity contribution in [1.29, 1.82) is 0 Å². The number of nitrogens with zero attached hydrogens (tertiary/aromatic N) is 3. The number of thioether (sulfide) groups is 1. The van der Waals surface area contributed by atoms with Crippen LogP contribution in [0.4, 0.5) is 14.5 Å². The smallest absolute Gasteiger partial charge is 0.234 e. The first-order valence-electron chi connectivity index (χ1n) is 11.0. The van der Waals surface area contributed by atoms with Gasteiger partial charge in [-0.3, -0.25) is 9.36 Å². The number of carbonyl (C=O) groups excluding carboxylic acids is 1. The summed E-state index contributed by atoms with van der Waals surface area (Å²) in [6.45, 7) is 4.10. The minimum atomic E-state index is -0.448. The van der Waals surface area contributed by atoms with Gasteiger partial charge in [-0.25, -0.2) is 8.78 Å². The van der Waals surface area contributed by atoms with E-state index in [2.05, 4.69) is 29.4 Å². The molecule has 1 amide bonds. The van der Waals surface area contributed by atoms with Crippen LogP contribution in [0.25, 0.3) is 17.1 Å². The van der Waals surface area contributed by atoms with E-state index in [-0.39, 0.29) is 28.9 Å². The second kappa shape index (κ2) is 10.6. The molecule has 0 radical (unpaired) electrons. The van der Waals surface area contributed by atoms with Crippen LogP contribution < -0.4 is 5.32 Å². The van der Waals surface area contributed by atoms with Crippen LogP contribution in [0, 0.1) is 11.6 Å². The molecule has 0 saturated heterocycles. The Bertz CT molecular complexity index is 1280. The Labute approximate surface area is 201 Å². The lowest BCUT2D eigenvalue weighted by Gasteiger charge is -2.14. The summed E-state index contributed by atoms with van der Waals surface area (Å²) >= 11 is 1.18. The Kier molecular flexibility index (Phi) is 7.37. The van der Waals surface area contributed by atoms with Crippen molar-refractivity contribution in [2.24, 2.45) is 0 Å². The topological polar surface area (TPSA) is 59.8 Å². The molecule has 0 aliphatic rings. The number of carbonyl (C=O) groups is 1. The quantitative estimate of drug-likeness (QED) is 0.312. The standard InChI is InChI=1S/C26H24F2N4OS/c1-3-17-8-7-9-18(4-2)24(17)29-23(33)16-34-26-31-30-25(21-10-5-6-11-22(21)28)32(26)20-14-12-19(27)13-15-20/h5-15H,3-4,16H2,1-2H3,(H,29,33). The number of anilines is 1. The highest BCUT2D eigenvalue weighted by Gasteiger charge is 2.20. The van der Waals surface area contributed by atoms with Crippen molar-refractivity contribution in [1.82, 2.24) is 14.8 Å². The summed E-state index contributed by atoms with van der Waals surface area (Å²) in [6, 6.07) is 18.0. The summed E-state index contributed by atoms with van der Waals surface area (Å²) in [6.07, 6.45) is 1.61. The highest BCUT2D eigenvalue weighted by molar-refractivity contribution is 7.99. The van der Waals surface area contributed by atoms with E-state index < -0.39 is 5.82 Å². The van der Waals surface area contributed by atoms with Gasteiger partial charge in [0.15, 0.2) is 11.0 Å². The molecule has 5 nitrogen and oxygen atoms in total. The van der Waals surface area contributed by atoms with Crippen LogP contribution in [-0.4, -0.2) is 26.4 Å². The molecule has 0 saturated carbocycles. The van der Waals surface area contributed by atoms with E-state index in [9.17, 15) is 13.6 Å². The summed E-state index contributed by atoms with van der Waals surface area (Å²) < 4.78 is 29.7. The SMILES string of the molecule is CCc1cccc(CC)c1NC(=O)CSc1nnc(-c2ccccc2F)n1-c1ccc(F)cc1. The molecule has 1 heterocycles. The molecule has 174 valence electrons. The van der Waals surface area contributed by atoms with E-state index in [4.69, 9.17) is 0 Å². The molecule has 4 rings (SSSR count). The second-order valence-electron chi connectivity index (χ2n) is 7.59. The van der Waals surface area contributed by atoms with Crippen LogP contribution in [0.1, 0.15) is 25.0 Å². The predicted octanol–water partition coefficient (Wildman–Crippen LogP) is 6.07. The third-order valence-corrected chi connectivity index (χ3v) is 6.36. The van der Waals surface area contributed by atoms with E-state index in [1.54, 1.807) is 34.9 Å². The summed E-state index contributed by atoms with van der Waals surface area (Å²) in [7, 11) is 0. The number of para-hydroxylation sites is 1. The van der Waals surface area contributed by atoms with E-state index in [1.807, 2.05) is 18.2 Å². The van der Waals surface area contributed by atoms with Crippen molar-refractivity contribution in [2.75, 3.05) is 11.1 Å². The number of halogens is 2. The Morgan fingerprint density at radius 2 is 1.59 bits per heavy atom. The van der Waals surface area contributed by atoms with Gasteiger partial charge in [-0.1, -0.05) is 55.9 Å². The number of amides is 1. The van der Waals surface area contributed by atoms with Crippen LogP contribution in [0.3, 0.4) is 0 Å². The molecule has 0 unspecified atom stereocenters. The maximum atomic E-state index is 14.5. The van der Waals surface area contributed by atoms with E-state index in [0.29, 0.717) is 10.8 Å². The molecular formula is C26H24F2N4OS. The van der Waals surface area contributed by atoms with Gasteiger partial charge in [0.2, 0.25) is 5.91 Å². The van der Waals surface area contributed by atoms with Gasteiger partial charge in [0.1, 0.15) is 11.6 Å². The Hall–Kier alpha value is -3.52. The molecule has 0 atom stereocenters. The predicted molar refractivity (Wildman–Crippen MR) is 131 cm³/mol. The summed E-state index contributed by atoms with van der Waals surface area (Å²) in [4.78, 5) is 12.8. The van der Waals surface area contributed by atoms with Crippen LogP contribution >= 0.6 is 11.8 Å². The van der Waals surface area contributed by atoms with Crippen molar-refractivity contribution in [3.8, 4) is 17.1 Å². The Morgan fingerprint density at radius 1 is 0.912 bits per heavy atom. The van der Waals surface area contributed by atoms with Gasteiger partial charge in [-0.05, 0) is 60.4 Å². The molecule has 4 aromatic rings. The number of rotatable bonds is 8. The van der Waals surface area contributed by atoms with Gasteiger partial charge in [-0.2, -0.15) is 0 Å². The normalized spacial score (nSPS) is 10.9. The van der Waals surface area contributed by atoms with Gasteiger partial charge >= 0.3 is 0 Å². The largest absolute Gasteiger partial charge is 0.325 e. The van der Waals surface area contributed by atoms with Crippen molar-refractivity contribution < 1.29 is 13.6 Å². The lowest BCUT2D eigenvalue weighted by Crippen LogP contribution is -2.17. The summed E-state index contributed by atoms with van der Waals surface area (Å²) in [5, 5.41) is 11.8. The molecular weight excluding hydrogens is 454 g/mol. The third-order valence-electron chi connectivity index (χ3n) is 5.43. The van der Waals surface area contributed by atoms with E-state index in [1.165, 1.54) is 30.0 Å². The van der Waals surface area contributed by atoms with Gasteiger partial charge in [0.25, 0.3) is 0 Å². The minimum Gasteiger partial charge on any atom is -0.325 e. The van der Waals surface area contributed by atoms with Crippen LogP contribution in [0.5, 0.6) is 0 Å². The average Bonchev–Trinajstić information content (AvgIpc) is 3.27. The zero-order valence-electron chi connectivity index (χ0n) is 18.9. The van der Waals surface area contributed by atoms with E-state index in [0.717, 1.165) is 29.7 Å². The zero-order valence-corrected chi connectivity index (χ0v) is 19.7. The number of hydrogen-bond donors (Lipinski definition) is 1. The highest BCUT2D eigenvalue weighted by Crippen LogP contribution is 2.30. The highest BCUT2D eigenvalue weighted by atomic mass is 32.2. The fourth-order valence-corrected chi connectivity index (χ4v) is 4.46. The minimum absolute atomic E-state index is 0.0812. The molecule has 0 bridgehead atoms. The number of aromatic nitrogens is 3. The number of hydrogen-bond acceptors (Lipinski definition) is 4. The van der Waals surface area contributed by atoms with Crippen LogP contribution in [-0.2, 0) is 17.6 Å². The first kappa shape index (κ1) is 23.6. The molecule has 1 N–H and O–H groups in total. The Balaban J connectivity index is 1.62. The third kappa shape index (κ3) is 5.02. The summed E-state index contributed by atoms with van der Waals surface area (Å²) in [5.41, 5.74) is 3.84. The maximum absolute atomic E-state index is 14.5. The monoisotopic (exact) mass is 478 g/mol. The fourth-order valence-electron chi connectivity index (χ4n) is 3.71.